The van der Waals surface area contributed by atoms with Gasteiger partial charge in [-0.3, -0.25) is 0 Å². The van der Waals surface area contributed by atoms with Crippen molar-refractivity contribution in [3.8, 4) is 44.5 Å². The van der Waals surface area contributed by atoms with E-state index < -0.39 is 41.9 Å². The number of aryl methyl sites for hydroxylation is 1. The molecule has 0 saturated carbocycles. The number of benzene rings is 8. The summed E-state index contributed by atoms with van der Waals surface area (Å²) in [5.74, 6) is -0.217. The lowest BCUT2D eigenvalue weighted by Crippen LogP contribution is -2.53. The van der Waals surface area contributed by atoms with Gasteiger partial charge < -0.3 is 0 Å². The van der Waals surface area contributed by atoms with Crippen LogP contribution in [0.2, 0.25) is 0 Å². The molecule has 8 aromatic carbocycles. The van der Waals surface area contributed by atoms with Gasteiger partial charge in [-0.05, 0) is 149 Å². The minimum absolute atomic E-state index is 0.108. The highest BCUT2D eigenvalue weighted by Crippen LogP contribution is 2.51. The average molecular weight is 824 g/mol. The van der Waals surface area contributed by atoms with Crippen molar-refractivity contribution < 1.29 is 39.5 Å². The summed E-state index contributed by atoms with van der Waals surface area (Å²) in [6, 6.07) is 22.3. The lowest BCUT2D eigenvalue weighted by Gasteiger charge is -2.33. The lowest BCUT2D eigenvalue weighted by molar-refractivity contribution is -0.138. The van der Waals surface area contributed by atoms with E-state index in [0.29, 0.717) is 38.7 Å². The van der Waals surface area contributed by atoms with Crippen LogP contribution in [0.5, 0.6) is 0 Å². The molecule has 4 aliphatic heterocycles. The lowest BCUT2D eigenvalue weighted by atomic mass is 9.34. The van der Waals surface area contributed by atoms with Gasteiger partial charge in [-0.2, -0.15) is 39.5 Å². The second kappa shape index (κ2) is 11.4. The fourth-order valence-electron chi connectivity index (χ4n) is 11.6. The van der Waals surface area contributed by atoms with Crippen molar-refractivity contribution in [2.75, 3.05) is 0 Å². The van der Waals surface area contributed by atoms with Gasteiger partial charge in [0.25, 0.3) is 0 Å². The maximum absolute atomic E-state index is 14.9. The molecule has 0 spiro atoms. The van der Waals surface area contributed by atoms with Crippen molar-refractivity contribution in [3.63, 3.8) is 0 Å². The van der Waals surface area contributed by atoms with Crippen molar-refractivity contribution in [1.29, 1.82) is 0 Å². The van der Waals surface area contributed by atoms with E-state index in [2.05, 4.69) is 12.1 Å². The molecule has 0 unspecified atom stereocenters. The van der Waals surface area contributed by atoms with E-state index in [4.69, 9.17) is 0 Å². The Morgan fingerprint density at radius 1 is 0.377 bits per heavy atom. The molecule has 8 aromatic rings. The summed E-state index contributed by atoms with van der Waals surface area (Å²) in [5.41, 5.74) is 8.35. The van der Waals surface area contributed by atoms with Gasteiger partial charge in [0.2, 0.25) is 13.4 Å². The molecule has 4 aliphatic rings. The Kier molecular flexibility index (Phi) is 6.94. The highest BCUT2D eigenvalue weighted by Gasteiger charge is 2.47. The highest BCUT2D eigenvalue weighted by molar-refractivity contribution is 7.03. The first-order valence-corrected chi connectivity index (χ1v) is 20.4. The average Bonchev–Trinajstić information content (AvgIpc) is 3.69. The number of fused-ring (bicyclic) bond motifs is 10. The third kappa shape index (κ3) is 4.67. The van der Waals surface area contributed by atoms with Crippen LogP contribution in [0.1, 0.15) is 72.9 Å². The van der Waals surface area contributed by atoms with Crippen LogP contribution in [0.15, 0.2) is 84.9 Å². The molecular formula is C50H31B2F9. The molecule has 0 nitrogen and oxygen atoms in total. The molecule has 4 heterocycles. The third-order valence-electron chi connectivity index (χ3n) is 14.1. The number of halogens is 9. The minimum Gasteiger partial charge on any atom is -0.166 e. The Hall–Kier alpha value is -5.70. The van der Waals surface area contributed by atoms with E-state index >= 15 is 0 Å². The van der Waals surface area contributed by atoms with Crippen LogP contribution in [-0.2, 0) is 18.5 Å². The van der Waals surface area contributed by atoms with Crippen molar-refractivity contribution in [2.24, 2.45) is 0 Å². The molecule has 0 bridgehead atoms. The Labute approximate surface area is 344 Å². The highest BCUT2D eigenvalue weighted by atomic mass is 19.4. The Bertz CT molecular complexity index is 3340. The van der Waals surface area contributed by atoms with Crippen LogP contribution >= 0.6 is 0 Å². The van der Waals surface area contributed by atoms with Gasteiger partial charge in [0, 0.05) is 0 Å². The predicted molar refractivity (Wildman–Crippen MR) is 229 cm³/mol. The molecule has 300 valence electrons. The molecule has 0 radical (unpaired) electrons. The first-order chi connectivity index (χ1) is 28.7. The van der Waals surface area contributed by atoms with E-state index in [-0.39, 0.29) is 29.7 Å². The van der Waals surface area contributed by atoms with Crippen LogP contribution in [0.4, 0.5) is 39.5 Å². The fraction of sp³-hybridized carbons (Fsp3) is 0.200. The first kappa shape index (κ1) is 37.1. The van der Waals surface area contributed by atoms with Crippen molar-refractivity contribution in [1.82, 2.24) is 0 Å². The predicted octanol–water partition coefficient (Wildman–Crippen LogP) is 11.1. The maximum atomic E-state index is 14.9. The molecule has 0 atom stereocenters. The van der Waals surface area contributed by atoms with Crippen LogP contribution in [-0.4, -0.2) is 13.4 Å². The SMILES string of the molecule is Cc1ccc2c(c1)-c1cc(C(F)(F)F)cc3c1B2c1cc2c(C(C)C)cc4c5c(cc6c(C(C)C)cc-3c1c6c25)B1c2ccc(C(F)(F)F)cc2-c2cc(C(F)(F)F)cc-4c21. The summed E-state index contributed by atoms with van der Waals surface area (Å²) in [7, 11) is 0. The second-order valence-corrected chi connectivity index (χ2v) is 18.1. The molecule has 0 amide bonds. The van der Waals surface area contributed by atoms with Gasteiger partial charge in [0.15, 0.2) is 0 Å². The van der Waals surface area contributed by atoms with Crippen LogP contribution in [0, 0.1) is 6.92 Å². The van der Waals surface area contributed by atoms with E-state index in [1.807, 2.05) is 65.0 Å². The van der Waals surface area contributed by atoms with E-state index in [1.165, 1.54) is 18.2 Å². The summed E-state index contributed by atoms with van der Waals surface area (Å²) >= 11 is 0. The van der Waals surface area contributed by atoms with Crippen molar-refractivity contribution >= 4 is 78.5 Å². The topological polar surface area (TPSA) is 0 Å². The molecular weight excluding hydrogens is 793 g/mol. The number of hydrogen-bond acceptors (Lipinski definition) is 0. The van der Waals surface area contributed by atoms with Gasteiger partial charge in [0.05, 0.1) is 16.7 Å². The van der Waals surface area contributed by atoms with Crippen LogP contribution < -0.4 is 32.8 Å². The first-order valence-electron chi connectivity index (χ1n) is 20.4. The van der Waals surface area contributed by atoms with Crippen molar-refractivity contribution in [3.05, 3.63) is 118 Å². The molecule has 0 fully saturated rings. The van der Waals surface area contributed by atoms with E-state index in [0.717, 1.165) is 101 Å². The van der Waals surface area contributed by atoms with Crippen LogP contribution in [0.25, 0.3) is 76.8 Å². The largest absolute Gasteiger partial charge is 0.416 e. The summed E-state index contributed by atoms with van der Waals surface area (Å²) in [6.45, 7) is 9.03. The standard InChI is InChI=1S/C50H31B2F9/c1-20(2)26-16-30-36-14-24(49(56,57)58)12-34-28-10-22(5)6-8-38(28)51(46(34)36)40-18-32-27(21(3)4)17-31-37-15-25(50(59,60)61)13-35-29-11-23(48(53,54)55)7-9-39(29)52(47(35)37)41-19-33(26)44(42(30)40)45(32)43(31)41/h6-21H,1-5H3. The molecule has 11 heteroatoms. The van der Waals surface area contributed by atoms with Crippen LogP contribution in [0.3, 0.4) is 0 Å². The van der Waals surface area contributed by atoms with Gasteiger partial charge in [0.1, 0.15) is 0 Å². The summed E-state index contributed by atoms with van der Waals surface area (Å²) < 4.78 is 132. The maximum Gasteiger partial charge on any atom is 0.416 e. The molecule has 0 aromatic heterocycles. The summed E-state index contributed by atoms with van der Waals surface area (Å²) in [6.07, 6.45) is -14.1. The Balaban J connectivity index is 1.30. The number of alkyl halides is 9. The Morgan fingerprint density at radius 2 is 0.754 bits per heavy atom. The van der Waals surface area contributed by atoms with E-state index in [1.54, 1.807) is 0 Å². The zero-order valence-electron chi connectivity index (χ0n) is 33.3. The molecule has 12 rings (SSSR count). The van der Waals surface area contributed by atoms with Crippen molar-refractivity contribution in [2.45, 2.75) is 65.0 Å². The number of hydrogen-bond donors (Lipinski definition) is 0. The van der Waals surface area contributed by atoms with Gasteiger partial charge in [-0.25, -0.2) is 0 Å². The smallest absolute Gasteiger partial charge is 0.166 e. The third-order valence-corrected chi connectivity index (χ3v) is 14.1. The molecule has 0 N–H and O–H groups in total. The quantitative estimate of drug-likeness (QED) is 0.0926. The Morgan fingerprint density at radius 3 is 1.16 bits per heavy atom. The zero-order valence-corrected chi connectivity index (χ0v) is 33.3. The van der Waals surface area contributed by atoms with Gasteiger partial charge in [-0.15, -0.1) is 0 Å². The monoisotopic (exact) mass is 824 g/mol. The summed E-state index contributed by atoms with van der Waals surface area (Å²) in [4.78, 5) is 0. The number of rotatable bonds is 2. The molecule has 0 aliphatic carbocycles. The van der Waals surface area contributed by atoms with Gasteiger partial charge >= 0.3 is 18.5 Å². The summed E-state index contributed by atoms with van der Waals surface area (Å²) in [5, 5.41) is 5.00. The zero-order chi connectivity index (χ0) is 42.7. The second-order valence-electron chi connectivity index (χ2n) is 18.1. The molecule has 61 heavy (non-hydrogen) atoms. The minimum atomic E-state index is -4.79. The van der Waals surface area contributed by atoms with Gasteiger partial charge in [-0.1, -0.05) is 108 Å². The normalized spacial score (nSPS) is 14.6. The fourth-order valence-corrected chi connectivity index (χ4v) is 11.6. The molecule has 0 saturated heterocycles. The van der Waals surface area contributed by atoms with E-state index in [9.17, 15) is 39.5 Å².